The van der Waals surface area contributed by atoms with Crippen molar-refractivity contribution in [3.8, 4) is 17.6 Å². The van der Waals surface area contributed by atoms with Gasteiger partial charge in [0.05, 0.1) is 29.8 Å². The van der Waals surface area contributed by atoms with Gasteiger partial charge in [0.15, 0.2) is 6.10 Å². The zero-order chi connectivity index (χ0) is 18.8. The van der Waals surface area contributed by atoms with Gasteiger partial charge in [0.1, 0.15) is 5.75 Å². The summed E-state index contributed by atoms with van der Waals surface area (Å²) in [4.78, 5) is 18.5. The molecule has 0 bridgehead atoms. The van der Waals surface area contributed by atoms with E-state index in [0.717, 1.165) is 0 Å². The minimum atomic E-state index is -0.933. The lowest BCUT2D eigenvalue weighted by Gasteiger charge is -2.04. The van der Waals surface area contributed by atoms with Crippen molar-refractivity contribution in [2.24, 2.45) is 0 Å². The first-order valence-electron chi connectivity index (χ1n) is 8.38. The summed E-state index contributed by atoms with van der Waals surface area (Å²) in [5, 5.41) is 13.0. The lowest BCUT2D eigenvalue weighted by atomic mass is 9.99. The smallest absolute Gasteiger partial charge is 0.256 e. The van der Waals surface area contributed by atoms with E-state index < -0.39 is 6.10 Å². The summed E-state index contributed by atoms with van der Waals surface area (Å²) in [5.74, 6) is 6.26. The van der Waals surface area contributed by atoms with E-state index in [-0.39, 0.29) is 5.91 Å². The SMILES string of the molecule is COc1cc[nH]c1/C=C1\C(=O)Nc2cccc(C#CC(O)c3ccc[nH]3)c21. The van der Waals surface area contributed by atoms with E-state index in [9.17, 15) is 9.90 Å². The van der Waals surface area contributed by atoms with Crippen molar-refractivity contribution in [2.75, 3.05) is 12.4 Å². The Morgan fingerprint density at radius 1 is 1.15 bits per heavy atom. The zero-order valence-electron chi connectivity index (χ0n) is 14.5. The molecule has 0 spiro atoms. The van der Waals surface area contributed by atoms with E-state index in [0.29, 0.717) is 39.5 Å². The van der Waals surface area contributed by atoms with E-state index >= 15 is 0 Å². The molecule has 1 aliphatic rings. The van der Waals surface area contributed by atoms with Crippen molar-refractivity contribution < 1.29 is 14.6 Å². The van der Waals surface area contributed by atoms with E-state index in [1.165, 1.54) is 0 Å². The lowest BCUT2D eigenvalue weighted by molar-refractivity contribution is -0.110. The molecule has 0 saturated heterocycles. The zero-order valence-corrected chi connectivity index (χ0v) is 14.5. The second-order valence-electron chi connectivity index (χ2n) is 6.00. The first-order chi connectivity index (χ1) is 13.2. The number of benzene rings is 1. The van der Waals surface area contributed by atoms with Crippen molar-refractivity contribution in [3.63, 3.8) is 0 Å². The standard InChI is InChI=1S/C21H17N3O3/c1-27-19-9-11-23-17(19)12-14-20-13(4-2-5-16(20)24-21(14)26)7-8-18(25)15-6-3-10-22-15/h2-6,9-12,18,22-23,25H,1H3,(H,24,26)/b14-12-. The van der Waals surface area contributed by atoms with Crippen molar-refractivity contribution in [1.29, 1.82) is 0 Å². The molecule has 1 aromatic carbocycles. The molecule has 3 aromatic rings. The van der Waals surface area contributed by atoms with Crippen LogP contribution in [0, 0.1) is 11.8 Å². The van der Waals surface area contributed by atoms with Gasteiger partial charge in [-0.25, -0.2) is 0 Å². The first-order valence-corrected chi connectivity index (χ1v) is 8.38. The Labute approximate surface area is 155 Å². The van der Waals surface area contributed by atoms with Gasteiger partial charge >= 0.3 is 0 Å². The third-order valence-electron chi connectivity index (χ3n) is 4.33. The maximum absolute atomic E-state index is 12.5. The molecule has 0 aliphatic carbocycles. The quantitative estimate of drug-likeness (QED) is 0.428. The molecule has 4 N–H and O–H groups in total. The van der Waals surface area contributed by atoms with Crippen LogP contribution >= 0.6 is 0 Å². The summed E-state index contributed by atoms with van der Waals surface area (Å²) in [6, 6.07) is 10.8. The third-order valence-corrected chi connectivity index (χ3v) is 4.33. The number of aromatic amines is 2. The normalized spacial score (nSPS) is 15.0. The number of H-pyrrole nitrogens is 2. The van der Waals surface area contributed by atoms with Gasteiger partial charge in [0, 0.05) is 23.5 Å². The number of aliphatic hydroxyl groups is 1. The molecule has 0 saturated carbocycles. The predicted octanol–water partition coefficient (Wildman–Crippen LogP) is 2.93. The molecular formula is C21H17N3O3. The van der Waals surface area contributed by atoms with Gasteiger partial charge in [-0.05, 0) is 36.4 Å². The van der Waals surface area contributed by atoms with E-state index in [1.807, 2.05) is 18.2 Å². The van der Waals surface area contributed by atoms with E-state index in [4.69, 9.17) is 4.74 Å². The van der Waals surface area contributed by atoms with Crippen LogP contribution in [0.3, 0.4) is 0 Å². The molecule has 27 heavy (non-hydrogen) atoms. The Hall–Kier alpha value is -3.69. The van der Waals surface area contributed by atoms with Crippen molar-refractivity contribution >= 4 is 23.2 Å². The second-order valence-corrected chi connectivity index (χ2v) is 6.00. The molecule has 6 heteroatoms. The first kappa shape index (κ1) is 16.8. The highest BCUT2D eigenvalue weighted by atomic mass is 16.5. The van der Waals surface area contributed by atoms with Crippen molar-refractivity contribution in [2.45, 2.75) is 6.10 Å². The third kappa shape index (κ3) is 3.12. The molecule has 1 unspecified atom stereocenters. The van der Waals surface area contributed by atoms with Crippen LogP contribution in [0.4, 0.5) is 5.69 Å². The number of ether oxygens (including phenoxy) is 1. The molecule has 1 atom stereocenters. The minimum Gasteiger partial charge on any atom is -0.495 e. The lowest BCUT2D eigenvalue weighted by Crippen LogP contribution is -2.03. The molecule has 3 heterocycles. The van der Waals surface area contributed by atoms with Crippen LogP contribution in [0.25, 0.3) is 11.6 Å². The molecule has 0 radical (unpaired) electrons. The highest BCUT2D eigenvalue weighted by Gasteiger charge is 2.27. The number of methoxy groups -OCH3 is 1. The van der Waals surface area contributed by atoms with Crippen molar-refractivity contribution in [3.05, 3.63) is 71.3 Å². The molecule has 0 fully saturated rings. The Bertz CT molecular complexity index is 1080. The fourth-order valence-corrected chi connectivity index (χ4v) is 3.03. The monoisotopic (exact) mass is 359 g/mol. The van der Waals surface area contributed by atoms with Gasteiger partial charge in [0.25, 0.3) is 5.91 Å². The predicted molar refractivity (Wildman–Crippen MR) is 103 cm³/mol. The average molecular weight is 359 g/mol. The Morgan fingerprint density at radius 2 is 2.04 bits per heavy atom. The van der Waals surface area contributed by atoms with Crippen LogP contribution in [-0.2, 0) is 4.79 Å². The Kier molecular flexibility index (Phi) is 4.29. The van der Waals surface area contributed by atoms with Gasteiger partial charge in [-0.3, -0.25) is 4.79 Å². The van der Waals surface area contributed by atoms with Crippen LogP contribution in [0.2, 0.25) is 0 Å². The number of anilines is 1. The number of aromatic nitrogens is 2. The fraction of sp³-hybridized carbons (Fsp3) is 0.0952. The van der Waals surface area contributed by atoms with E-state index in [1.54, 1.807) is 43.8 Å². The van der Waals surface area contributed by atoms with Gasteiger partial charge in [0.2, 0.25) is 0 Å². The topological polar surface area (TPSA) is 90.1 Å². The number of rotatable bonds is 3. The van der Waals surface area contributed by atoms with Gasteiger partial charge in [-0.1, -0.05) is 17.9 Å². The summed E-state index contributed by atoms with van der Waals surface area (Å²) in [7, 11) is 1.58. The Morgan fingerprint density at radius 3 is 2.81 bits per heavy atom. The fourth-order valence-electron chi connectivity index (χ4n) is 3.03. The molecule has 1 aliphatic heterocycles. The number of aliphatic hydroxyl groups excluding tert-OH is 1. The number of hydrogen-bond acceptors (Lipinski definition) is 3. The van der Waals surface area contributed by atoms with Crippen LogP contribution in [0.15, 0.2) is 48.8 Å². The van der Waals surface area contributed by atoms with Crippen LogP contribution in [-0.4, -0.2) is 28.1 Å². The number of amides is 1. The number of nitrogens with one attached hydrogen (secondary N) is 3. The number of hydrogen-bond donors (Lipinski definition) is 4. The molecular weight excluding hydrogens is 342 g/mol. The van der Waals surface area contributed by atoms with Crippen LogP contribution < -0.4 is 10.1 Å². The Balaban J connectivity index is 1.76. The maximum Gasteiger partial charge on any atom is 0.256 e. The molecule has 2 aromatic heterocycles. The molecule has 134 valence electrons. The summed E-state index contributed by atoms with van der Waals surface area (Å²) in [6.45, 7) is 0. The highest BCUT2D eigenvalue weighted by molar-refractivity contribution is 6.35. The summed E-state index contributed by atoms with van der Waals surface area (Å²) in [6.07, 6.45) is 4.29. The second kappa shape index (κ2) is 6.90. The van der Waals surface area contributed by atoms with Crippen LogP contribution in [0.5, 0.6) is 5.75 Å². The van der Waals surface area contributed by atoms with Crippen LogP contribution in [0.1, 0.15) is 28.6 Å². The highest BCUT2D eigenvalue weighted by Crippen LogP contribution is 2.36. The maximum atomic E-state index is 12.5. The molecule has 4 rings (SSSR count). The number of carbonyl (C=O) groups is 1. The van der Waals surface area contributed by atoms with Gasteiger partial charge in [-0.2, -0.15) is 0 Å². The summed E-state index contributed by atoms with van der Waals surface area (Å²) >= 11 is 0. The van der Waals surface area contributed by atoms with Gasteiger partial charge < -0.3 is 25.1 Å². The van der Waals surface area contributed by atoms with Crippen molar-refractivity contribution in [1.82, 2.24) is 9.97 Å². The largest absolute Gasteiger partial charge is 0.495 e. The number of fused-ring (bicyclic) bond motifs is 1. The molecule has 1 amide bonds. The van der Waals surface area contributed by atoms with Gasteiger partial charge in [-0.15, -0.1) is 0 Å². The molecule has 6 nitrogen and oxygen atoms in total. The summed E-state index contributed by atoms with van der Waals surface area (Å²) < 4.78 is 5.30. The number of carbonyl (C=O) groups excluding carboxylic acids is 1. The average Bonchev–Trinajstić information content (AvgIpc) is 3.40. The minimum absolute atomic E-state index is 0.208. The van der Waals surface area contributed by atoms with E-state index in [2.05, 4.69) is 27.1 Å². The summed E-state index contributed by atoms with van der Waals surface area (Å²) in [5.41, 5.74) is 3.88.